The van der Waals surface area contributed by atoms with Crippen LogP contribution in [0.2, 0.25) is 0 Å². The number of methoxy groups -OCH3 is 4. The van der Waals surface area contributed by atoms with Crippen molar-refractivity contribution in [3.63, 3.8) is 0 Å². The van der Waals surface area contributed by atoms with E-state index < -0.39 is 65.4 Å². The van der Waals surface area contributed by atoms with Crippen molar-refractivity contribution in [3.8, 4) is 22.8 Å². The van der Waals surface area contributed by atoms with E-state index in [1.54, 1.807) is 28.4 Å². The molecule has 4 heterocycles. The molecule has 0 aliphatic rings. The van der Waals surface area contributed by atoms with Gasteiger partial charge in [0.05, 0.1) is 72.0 Å². The number of pyridine rings is 4. The molecule has 0 radical (unpaired) electrons. The van der Waals surface area contributed by atoms with E-state index in [0.29, 0.717) is 72.0 Å². The Morgan fingerprint density at radius 2 is 0.472 bits per heavy atom. The summed E-state index contributed by atoms with van der Waals surface area (Å²) < 4.78 is 159. The van der Waals surface area contributed by atoms with E-state index in [2.05, 4.69) is 38.9 Å². The summed E-state index contributed by atoms with van der Waals surface area (Å²) >= 11 is 0. The minimum atomic E-state index is -4.94. The summed E-state index contributed by atoms with van der Waals surface area (Å²) in [6.45, 7) is 32.2. The molecule has 0 amide bonds. The fourth-order valence-electron chi connectivity index (χ4n) is 5.30. The zero-order valence-electron chi connectivity index (χ0n) is 53.0. The number of hydrogen-bond donors (Lipinski definition) is 4. The standard InChI is InChI=1S/2C20H28N2O2.2C4H10O2.C4H10O.4ClHO4.2Fe.2H2O/c2*1-19(2,3)17(23)15-11-7-9-13(21-15)14-10-8-12-16(22-14)18(24)20(4,5)6;2*1-5-3-4-6-2;1-3-5-4-2;4*2-1(3,4)5;;;;/h2*7-12,17-18,23-24H,1-6H3;2*3-4H2,1-2H3;3-4H2,1-2H3;4*(H,2,3,4,5);;;2*1H2/q;;;;;;;;;2*+2;;/p-2/t2*17-,18-;;;;;;;;;;;/m11.........../s1. The van der Waals surface area contributed by atoms with Gasteiger partial charge < -0.3 is 55.1 Å². The van der Waals surface area contributed by atoms with Crippen LogP contribution in [-0.2, 0) is 68.8 Å². The molecule has 4 atom stereocenters. The Labute approximate surface area is 551 Å². The van der Waals surface area contributed by atoms with Gasteiger partial charge in [-0.2, -0.15) is 0 Å². The molecule has 0 aliphatic carbocycles. The second kappa shape index (κ2) is 52.1. The molecule has 524 valence electrons. The van der Waals surface area contributed by atoms with Gasteiger partial charge in [-0.3, -0.25) is 0 Å². The zero-order valence-corrected chi connectivity index (χ0v) is 58.2. The predicted molar refractivity (Wildman–Crippen MR) is 272 cm³/mol. The fourth-order valence-corrected chi connectivity index (χ4v) is 5.30. The minimum Gasteiger partial charge on any atom is -0.457 e. The second-order valence-electron chi connectivity index (χ2n) is 21.1. The Morgan fingerprint density at radius 1 is 0.337 bits per heavy atom. The maximum atomic E-state index is 10.5. The first-order chi connectivity index (χ1) is 38.2. The third-order valence-electron chi connectivity index (χ3n) is 9.40. The van der Waals surface area contributed by atoms with Gasteiger partial charge in [0.2, 0.25) is 0 Å². The number of aliphatic hydroxyl groups excluding tert-OH is 4. The molecule has 0 unspecified atom stereocenters. The first-order valence-electron chi connectivity index (χ1n) is 24.9. The Kier molecular flexibility index (Phi) is 61.7. The van der Waals surface area contributed by atoms with Crippen molar-refractivity contribution in [3.05, 3.63) is 95.6 Å². The fraction of sp³-hybridized carbons (Fsp3) is 0.615. The molecule has 0 aromatic carbocycles. The summed E-state index contributed by atoms with van der Waals surface area (Å²) in [5.41, 5.74) is 4.13. The van der Waals surface area contributed by atoms with Gasteiger partial charge >= 0.3 is 34.1 Å². The van der Waals surface area contributed by atoms with Crippen molar-refractivity contribution in [1.29, 1.82) is 0 Å². The molecular weight excluding hydrogens is 1370 g/mol. The van der Waals surface area contributed by atoms with Gasteiger partial charge in [0.1, 0.15) is 24.4 Å². The van der Waals surface area contributed by atoms with E-state index in [4.69, 9.17) is 79.3 Å². The quantitative estimate of drug-likeness (QED) is 0.0517. The van der Waals surface area contributed by atoms with Crippen LogP contribution in [0.15, 0.2) is 72.8 Å². The Balaban J connectivity index is -0.000000129. The van der Waals surface area contributed by atoms with Crippen molar-refractivity contribution in [2.45, 2.75) is 121 Å². The minimum absolute atomic E-state index is 0. The van der Waals surface area contributed by atoms with Crippen LogP contribution in [0.4, 0.5) is 0 Å². The maximum Gasteiger partial charge on any atom is 2.00 e. The average molecular weight is 1460 g/mol. The maximum absolute atomic E-state index is 10.5. The molecule has 89 heavy (non-hydrogen) atoms. The van der Waals surface area contributed by atoms with Gasteiger partial charge in [-0.15, -0.1) is 41.0 Å². The largest absolute Gasteiger partial charge is 2.00 e. The Bertz CT molecular complexity index is 1960. The molecule has 31 nitrogen and oxygen atoms in total. The number of aromatic nitrogens is 4. The van der Waals surface area contributed by atoms with Crippen LogP contribution in [0.25, 0.3) is 22.8 Å². The van der Waals surface area contributed by atoms with Crippen molar-refractivity contribution in [2.24, 2.45) is 21.7 Å². The van der Waals surface area contributed by atoms with Crippen molar-refractivity contribution in [1.82, 2.24) is 19.9 Å². The van der Waals surface area contributed by atoms with Crippen molar-refractivity contribution >= 4 is 0 Å². The second-order valence-corrected chi connectivity index (χ2v) is 24.2. The molecule has 37 heteroatoms. The third-order valence-corrected chi connectivity index (χ3v) is 9.40. The number of hydrogen-bond acceptors (Lipinski definition) is 29. The molecule has 4 aromatic rings. The van der Waals surface area contributed by atoms with E-state index in [9.17, 15) is 20.4 Å². The monoisotopic (exact) mass is 1460 g/mol. The van der Waals surface area contributed by atoms with E-state index in [1.807, 2.05) is 170 Å². The summed E-state index contributed by atoms with van der Waals surface area (Å²) in [6, 6.07) is 22.3. The molecule has 0 aliphatic heterocycles. The zero-order chi connectivity index (χ0) is 68.0. The summed E-state index contributed by atoms with van der Waals surface area (Å²) in [6.07, 6.45) is -2.61. The van der Waals surface area contributed by atoms with Crippen LogP contribution in [0.3, 0.4) is 0 Å². The van der Waals surface area contributed by atoms with Crippen LogP contribution in [-0.4, -0.2) is 108 Å². The van der Waals surface area contributed by atoms with Crippen molar-refractivity contribution in [2.75, 3.05) is 68.1 Å². The van der Waals surface area contributed by atoms with E-state index >= 15 is 0 Å². The Hall–Kier alpha value is -2.28. The summed E-state index contributed by atoms with van der Waals surface area (Å²) in [5.74, 6) is 0. The van der Waals surface area contributed by atoms with E-state index in [1.165, 1.54) is 0 Å². The van der Waals surface area contributed by atoms with Crippen LogP contribution < -0.4 is 74.5 Å². The molecular formula is C52H92Cl4Fe2N4O27+2. The summed E-state index contributed by atoms with van der Waals surface area (Å²) in [5, 5.41) is 41.8. The molecule has 0 bridgehead atoms. The van der Waals surface area contributed by atoms with Gasteiger partial charge in [-0.05, 0) is 84.0 Å². The molecule has 0 spiro atoms. The normalized spacial score (nSPS) is 12.6. The SMILES string of the molecule is CC(C)(C)[C@H](O)c1cccc(-c2cccc([C@@H](O)C(C)(C)C)n2)n1.CC(C)(C)[C@H](O)c1cccc(-c2cccc([C@@H](O)C(C)(C)C)n2)n1.CCOCC.COCCOC.COCCOC.[Fe+2].[Fe+2].[O-][Cl+3]([O-])([O-])[O-].[O-][Cl+3]([O-])([O-])[O-].[O-][Cl+3]([O-])([O-])[O-].[O-][Cl+3]([O-])([O-])[O-].[OH3+].[OH3+]. The van der Waals surface area contributed by atoms with Gasteiger partial charge in [-0.25, -0.2) is 94.5 Å². The van der Waals surface area contributed by atoms with Crippen LogP contribution >= 0.6 is 0 Å². The first kappa shape index (κ1) is 105. The van der Waals surface area contributed by atoms with Crippen LogP contribution in [0, 0.1) is 62.6 Å². The number of rotatable bonds is 14. The van der Waals surface area contributed by atoms with Crippen LogP contribution in [0.5, 0.6) is 0 Å². The predicted octanol–water partition coefficient (Wildman–Crippen LogP) is -10.7. The van der Waals surface area contributed by atoms with Gasteiger partial charge in [-0.1, -0.05) is 107 Å². The van der Waals surface area contributed by atoms with E-state index in [-0.39, 0.29) is 66.7 Å². The van der Waals surface area contributed by atoms with Crippen LogP contribution in [0.1, 0.15) is 144 Å². The summed E-state index contributed by atoms with van der Waals surface area (Å²) in [4.78, 5) is 18.3. The van der Waals surface area contributed by atoms with Gasteiger partial charge in [0.15, 0.2) is 0 Å². The Morgan fingerprint density at radius 3 is 0.562 bits per heavy atom. The van der Waals surface area contributed by atoms with Gasteiger partial charge in [0.25, 0.3) is 0 Å². The van der Waals surface area contributed by atoms with Gasteiger partial charge in [0, 0.05) is 41.7 Å². The first-order valence-corrected chi connectivity index (χ1v) is 29.8. The molecule has 0 fully saturated rings. The third kappa shape index (κ3) is 68.4. The number of nitrogens with zero attached hydrogens (tertiary/aromatic N) is 4. The molecule has 4 aromatic heterocycles. The topological polar surface area (TPSA) is 614 Å². The van der Waals surface area contributed by atoms with E-state index in [0.717, 1.165) is 13.2 Å². The molecule has 0 saturated heterocycles. The number of ether oxygens (including phenoxy) is 5. The smallest absolute Gasteiger partial charge is 0.457 e. The molecule has 4 rings (SSSR count). The van der Waals surface area contributed by atoms with Crippen molar-refractivity contribution < 1.29 is 205 Å². The molecule has 0 saturated carbocycles. The number of aliphatic hydroxyl groups is 4. The number of halogens is 4. The summed E-state index contributed by atoms with van der Waals surface area (Å²) in [7, 11) is -13.2. The average Bonchev–Trinajstić information content (AvgIpc) is 3.34. The molecule has 10 N–H and O–H groups in total.